The minimum Gasteiger partial charge on any atom is -0.465 e. The molecule has 0 aromatic rings. The van der Waals surface area contributed by atoms with Gasteiger partial charge >= 0.3 is 5.97 Å². The predicted octanol–water partition coefficient (Wildman–Crippen LogP) is 20.3. The maximum Gasteiger partial charge on any atom is 0.305 e. The van der Waals surface area contributed by atoms with Crippen LogP contribution in [0.25, 0.3) is 0 Å². The molecule has 0 radical (unpaired) electrons. The van der Waals surface area contributed by atoms with E-state index in [9.17, 15) is 19.8 Å². The average molecular weight is 1020 g/mol. The molecule has 2 unspecified atom stereocenters. The van der Waals surface area contributed by atoms with Gasteiger partial charge in [0.2, 0.25) is 5.91 Å². The average Bonchev–Trinajstić information content (AvgIpc) is 3.39. The van der Waals surface area contributed by atoms with Crippen molar-refractivity contribution in [2.24, 2.45) is 0 Å². The van der Waals surface area contributed by atoms with Crippen molar-refractivity contribution in [2.45, 2.75) is 341 Å². The molecule has 73 heavy (non-hydrogen) atoms. The lowest BCUT2D eigenvalue weighted by molar-refractivity contribution is -0.143. The number of nitrogens with one attached hydrogen (secondary N) is 1. The molecule has 0 heterocycles. The summed E-state index contributed by atoms with van der Waals surface area (Å²) in [6.07, 6.45) is 81.3. The molecule has 2 atom stereocenters. The number of ether oxygens (including phenoxy) is 1. The van der Waals surface area contributed by atoms with Crippen LogP contribution >= 0.6 is 0 Å². The number of carbonyl (C=O) groups excluding carboxylic acids is 2. The first-order valence-corrected chi connectivity index (χ1v) is 32.1. The molecule has 0 saturated heterocycles. The second-order valence-corrected chi connectivity index (χ2v) is 21.7. The molecular weight excluding hydrogens is 899 g/mol. The summed E-state index contributed by atoms with van der Waals surface area (Å²) in [5, 5.41) is 23.1. The van der Waals surface area contributed by atoms with Crippen LogP contribution in [0.4, 0.5) is 0 Å². The lowest BCUT2D eigenvalue weighted by Crippen LogP contribution is -2.45. The Kier molecular flexibility index (Phi) is 60.0. The van der Waals surface area contributed by atoms with E-state index in [0.717, 1.165) is 57.8 Å². The minimum atomic E-state index is -0.849. The second-order valence-electron chi connectivity index (χ2n) is 21.7. The topological polar surface area (TPSA) is 95.9 Å². The number of hydrogen-bond acceptors (Lipinski definition) is 5. The van der Waals surface area contributed by atoms with E-state index in [-0.39, 0.29) is 18.5 Å². The molecule has 6 nitrogen and oxygen atoms in total. The van der Waals surface area contributed by atoms with Gasteiger partial charge in [0, 0.05) is 12.8 Å². The van der Waals surface area contributed by atoms with Gasteiger partial charge in [-0.05, 0) is 83.5 Å². The molecule has 0 aliphatic rings. The van der Waals surface area contributed by atoms with Crippen LogP contribution in [0.5, 0.6) is 0 Å². The Bertz CT molecular complexity index is 1270. The molecule has 0 bridgehead atoms. The molecule has 0 aromatic carbocycles. The lowest BCUT2D eigenvalue weighted by atomic mass is 10.0. The van der Waals surface area contributed by atoms with Crippen LogP contribution in [0.2, 0.25) is 0 Å². The lowest BCUT2D eigenvalue weighted by Gasteiger charge is -2.20. The van der Waals surface area contributed by atoms with Crippen molar-refractivity contribution in [1.82, 2.24) is 5.32 Å². The van der Waals surface area contributed by atoms with Gasteiger partial charge in [-0.1, -0.05) is 293 Å². The smallest absolute Gasteiger partial charge is 0.305 e. The number of rotatable bonds is 59. The third-order valence-corrected chi connectivity index (χ3v) is 14.5. The summed E-state index contributed by atoms with van der Waals surface area (Å²) in [5.41, 5.74) is 0. The molecule has 0 aliphatic heterocycles. The molecular formula is C67H123NO5. The Morgan fingerprint density at radius 2 is 0.685 bits per heavy atom. The molecule has 3 N–H and O–H groups in total. The Hall–Kier alpha value is -2.44. The van der Waals surface area contributed by atoms with Crippen molar-refractivity contribution in [2.75, 3.05) is 13.2 Å². The van der Waals surface area contributed by atoms with E-state index in [1.165, 1.54) is 244 Å². The van der Waals surface area contributed by atoms with Crippen molar-refractivity contribution in [1.29, 1.82) is 0 Å². The van der Waals surface area contributed by atoms with Crippen LogP contribution in [-0.4, -0.2) is 47.4 Å². The second kappa shape index (κ2) is 62.1. The van der Waals surface area contributed by atoms with Crippen LogP contribution < -0.4 is 5.32 Å². The van der Waals surface area contributed by atoms with Gasteiger partial charge in [0.05, 0.1) is 25.4 Å². The summed E-state index contributed by atoms with van der Waals surface area (Å²) in [6.45, 7) is 4.78. The monoisotopic (exact) mass is 1020 g/mol. The van der Waals surface area contributed by atoms with Crippen molar-refractivity contribution >= 4 is 11.9 Å². The van der Waals surface area contributed by atoms with Gasteiger partial charge in [0.15, 0.2) is 0 Å². The van der Waals surface area contributed by atoms with Gasteiger partial charge in [-0.15, -0.1) is 0 Å². The van der Waals surface area contributed by atoms with Crippen molar-refractivity contribution in [3.05, 3.63) is 60.8 Å². The highest BCUT2D eigenvalue weighted by Gasteiger charge is 2.18. The van der Waals surface area contributed by atoms with Crippen LogP contribution in [-0.2, 0) is 14.3 Å². The third kappa shape index (κ3) is 58.7. The third-order valence-electron chi connectivity index (χ3n) is 14.5. The van der Waals surface area contributed by atoms with Crippen molar-refractivity contribution < 1.29 is 24.5 Å². The maximum absolute atomic E-state index is 12.5. The fourth-order valence-corrected chi connectivity index (χ4v) is 9.62. The quantitative estimate of drug-likeness (QED) is 0.0320. The predicted molar refractivity (Wildman–Crippen MR) is 319 cm³/mol. The molecule has 0 aromatic heterocycles. The Morgan fingerprint density at radius 3 is 1.07 bits per heavy atom. The molecule has 6 heteroatoms. The highest BCUT2D eigenvalue weighted by Crippen LogP contribution is 2.17. The number of carbonyl (C=O) groups is 2. The van der Waals surface area contributed by atoms with Crippen LogP contribution in [0.15, 0.2) is 60.8 Å². The van der Waals surface area contributed by atoms with E-state index < -0.39 is 12.1 Å². The molecule has 0 rings (SSSR count). The zero-order valence-electron chi connectivity index (χ0n) is 48.6. The first-order chi connectivity index (χ1) is 36.0. The minimum absolute atomic E-state index is 0.0400. The Balaban J connectivity index is 3.47. The zero-order valence-corrected chi connectivity index (χ0v) is 48.6. The Morgan fingerprint density at radius 1 is 0.384 bits per heavy atom. The van der Waals surface area contributed by atoms with Gasteiger partial charge in [-0.2, -0.15) is 0 Å². The first kappa shape index (κ1) is 70.6. The standard InChI is InChI=1S/C67H123NO5/c1-3-5-7-9-11-13-15-17-19-21-25-29-33-37-41-45-49-53-57-61-67(72)73-62-58-54-50-46-42-38-34-30-27-24-22-23-26-28-32-36-40-44-48-52-56-60-66(71)68-64(63-69)65(70)59-55-51-47-43-39-35-31-20-18-16-14-12-10-8-6-4-2/h11,13,17,19,38,42,50,54-55,59,64-65,69-70H,3-10,12,14-16,18,20-37,39-41,43-49,51-53,56-58,60-63H2,1-2H3,(H,68,71)/b13-11-,19-17-,42-38-,54-50-,59-55+. The first-order valence-electron chi connectivity index (χ1n) is 32.1. The Labute approximate surface area is 454 Å². The molecule has 0 spiro atoms. The van der Waals surface area contributed by atoms with E-state index in [0.29, 0.717) is 19.4 Å². The van der Waals surface area contributed by atoms with Crippen LogP contribution in [0.3, 0.4) is 0 Å². The van der Waals surface area contributed by atoms with Gasteiger partial charge in [0.1, 0.15) is 0 Å². The van der Waals surface area contributed by atoms with Gasteiger partial charge in [-0.25, -0.2) is 0 Å². The summed E-state index contributed by atoms with van der Waals surface area (Å²) in [4.78, 5) is 24.5. The van der Waals surface area contributed by atoms with Crippen molar-refractivity contribution in [3.63, 3.8) is 0 Å². The van der Waals surface area contributed by atoms with Crippen molar-refractivity contribution in [3.8, 4) is 0 Å². The largest absolute Gasteiger partial charge is 0.465 e. The zero-order chi connectivity index (χ0) is 52.9. The molecule has 0 saturated carbocycles. The van der Waals surface area contributed by atoms with E-state index in [2.05, 4.69) is 67.8 Å². The number of esters is 1. The maximum atomic E-state index is 12.5. The number of allylic oxidation sites excluding steroid dienone is 8. The number of aliphatic hydroxyl groups excluding tert-OH is 2. The van der Waals surface area contributed by atoms with Gasteiger partial charge in [0.25, 0.3) is 0 Å². The SMILES string of the molecule is CCCCC/C=C\C/C=C\CCCCCCCCCCCC(=O)OCC/C=C\C/C=C\CCCCCCCCCCCCCCCCC(=O)NC(CO)C(O)/C=C/CCCCCCCCCCCCCCCC. The molecule has 0 aliphatic carbocycles. The fourth-order valence-electron chi connectivity index (χ4n) is 9.62. The van der Waals surface area contributed by atoms with Crippen LogP contribution in [0.1, 0.15) is 328 Å². The highest BCUT2D eigenvalue weighted by molar-refractivity contribution is 5.76. The summed E-state index contributed by atoms with van der Waals surface area (Å²) in [6, 6.07) is -0.633. The van der Waals surface area contributed by atoms with E-state index >= 15 is 0 Å². The van der Waals surface area contributed by atoms with Gasteiger partial charge < -0.3 is 20.3 Å². The number of aliphatic hydroxyl groups is 2. The summed E-state index contributed by atoms with van der Waals surface area (Å²) in [7, 11) is 0. The summed E-state index contributed by atoms with van der Waals surface area (Å²) in [5.74, 6) is -0.112. The number of hydrogen-bond donors (Lipinski definition) is 3. The highest BCUT2D eigenvalue weighted by atomic mass is 16.5. The number of unbranched alkanes of at least 4 members (excludes halogenated alkanes) is 40. The summed E-state index contributed by atoms with van der Waals surface area (Å²) < 4.78 is 5.43. The van der Waals surface area contributed by atoms with E-state index in [4.69, 9.17) is 4.74 Å². The molecule has 1 amide bonds. The fraction of sp³-hybridized carbons (Fsp3) is 0.821. The summed E-state index contributed by atoms with van der Waals surface area (Å²) >= 11 is 0. The van der Waals surface area contributed by atoms with E-state index in [1.807, 2.05) is 6.08 Å². The van der Waals surface area contributed by atoms with Crippen LogP contribution in [0, 0.1) is 0 Å². The molecule has 0 fully saturated rings. The molecule has 426 valence electrons. The normalized spacial score (nSPS) is 13.0. The van der Waals surface area contributed by atoms with E-state index in [1.54, 1.807) is 6.08 Å². The number of amides is 1. The van der Waals surface area contributed by atoms with Gasteiger partial charge in [-0.3, -0.25) is 9.59 Å².